The second kappa shape index (κ2) is 2.34. The number of rotatable bonds is 2. The fraction of sp³-hybridized carbons (Fsp3) is 0.250. The lowest BCUT2D eigenvalue weighted by atomic mass is 10.5. The van der Waals surface area contributed by atoms with Gasteiger partial charge < -0.3 is 14.1 Å². The zero-order valence-electron chi connectivity index (χ0n) is 6.26. The Kier molecular flexibility index (Phi) is 1.35. The number of hydrogen-bond donors (Lipinski definition) is 1. The molecule has 0 saturated heterocycles. The van der Waals surface area contributed by atoms with Gasteiger partial charge >= 0.3 is 0 Å². The van der Waals surface area contributed by atoms with Crippen molar-refractivity contribution >= 4 is 11.1 Å². The van der Waals surface area contributed by atoms with Crippen molar-refractivity contribution in [3.63, 3.8) is 0 Å². The van der Waals surface area contributed by atoms with Crippen molar-refractivity contribution in [2.75, 3.05) is 6.61 Å². The third kappa shape index (κ3) is 0.981. The van der Waals surface area contributed by atoms with Crippen molar-refractivity contribution < 1.29 is 9.15 Å². The van der Waals surface area contributed by atoms with Gasteiger partial charge in [-0.25, -0.2) is 0 Å². The average Bonchev–Trinajstić information content (AvgIpc) is 2.46. The molecule has 2 aromatic heterocycles. The SMILES string of the molecule is CCOc1cc2occc2[nH]1. The number of H-pyrrole nitrogens is 1. The Hall–Kier alpha value is -1.38. The Morgan fingerprint density at radius 3 is 3.27 bits per heavy atom. The number of ether oxygens (including phenoxy) is 1. The van der Waals surface area contributed by atoms with Crippen LogP contribution in [0.3, 0.4) is 0 Å². The van der Waals surface area contributed by atoms with Crippen LogP contribution in [0, 0.1) is 0 Å². The largest absolute Gasteiger partial charge is 0.479 e. The average molecular weight is 151 g/mol. The lowest BCUT2D eigenvalue weighted by Gasteiger charge is -1.95. The third-order valence-corrected chi connectivity index (χ3v) is 1.52. The van der Waals surface area contributed by atoms with Gasteiger partial charge in [-0.15, -0.1) is 0 Å². The Morgan fingerprint density at radius 2 is 2.55 bits per heavy atom. The molecule has 3 nitrogen and oxygen atoms in total. The van der Waals surface area contributed by atoms with E-state index in [9.17, 15) is 0 Å². The van der Waals surface area contributed by atoms with E-state index < -0.39 is 0 Å². The molecule has 1 N–H and O–H groups in total. The van der Waals surface area contributed by atoms with Crippen LogP contribution < -0.4 is 4.74 Å². The summed E-state index contributed by atoms with van der Waals surface area (Å²) in [6.45, 7) is 2.62. The van der Waals surface area contributed by atoms with E-state index in [2.05, 4.69) is 4.98 Å². The van der Waals surface area contributed by atoms with Gasteiger partial charge in [0.1, 0.15) is 0 Å². The first-order valence-electron chi connectivity index (χ1n) is 3.59. The molecule has 0 radical (unpaired) electrons. The molecule has 3 heteroatoms. The zero-order valence-corrected chi connectivity index (χ0v) is 6.26. The van der Waals surface area contributed by atoms with Crippen LogP contribution in [0.1, 0.15) is 6.92 Å². The maximum Gasteiger partial charge on any atom is 0.195 e. The summed E-state index contributed by atoms with van der Waals surface area (Å²) < 4.78 is 10.4. The van der Waals surface area contributed by atoms with Crippen LogP contribution in [0.15, 0.2) is 22.8 Å². The highest BCUT2D eigenvalue weighted by Gasteiger charge is 2.01. The number of furan rings is 1. The molecule has 0 spiro atoms. The number of fused-ring (bicyclic) bond motifs is 1. The van der Waals surface area contributed by atoms with Gasteiger partial charge in [0.05, 0.1) is 18.4 Å². The monoisotopic (exact) mass is 151 g/mol. The van der Waals surface area contributed by atoms with Gasteiger partial charge in [-0.3, -0.25) is 0 Å². The van der Waals surface area contributed by atoms with E-state index in [1.807, 2.05) is 19.1 Å². The first kappa shape index (κ1) is 6.34. The minimum Gasteiger partial charge on any atom is -0.479 e. The molecule has 0 saturated carbocycles. The van der Waals surface area contributed by atoms with Crippen molar-refractivity contribution in [1.29, 1.82) is 0 Å². The van der Waals surface area contributed by atoms with E-state index >= 15 is 0 Å². The Labute approximate surface area is 64.0 Å². The summed E-state index contributed by atoms with van der Waals surface area (Å²) in [5, 5.41) is 0. The van der Waals surface area contributed by atoms with Crippen molar-refractivity contribution in [2.24, 2.45) is 0 Å². The molecule has 2 rings (SSSR count). The van der Waals surface area contributed by atoms with Crippen LogP contribution in [0.25, 0.3) is 11.1 Å². The predicted octanol–water partition coefficient (Wildman–Crippen LogP) is 2.16. The lowest BCUT2D eigenvalue weighted by Crippen LogP contribution is -1.90. The maximum atomic E-state index is 5.23. The standard InChI is InChI=1S/C8H9NO2/c1-2-10-8-5-7-6(9-8)3-4-11-7/h3-5,9H,2H2,1H3. The Balaban J connectivity index is 2.42. The van der Waals surface area contributed by atoms with E-state index in [-0.39, 0.29) is 0 Å². The van der Waals surface area contributed by atoms with Crippen LogP contribution in [0.5, 0.6) is 5.88 Å². The molecule has 0 bridgehead atoms. The molecule has 2 heterocycles. The first-order valence-corrected chi connectivity index (χ1v) is 3.59. The van der Waals surface area contributed by atoms with Crippen molar-refractivity contribution in [2.45, 2.75) is 6.92 Å². The summed E-state index contributed by atoms with van der Waals surface area (Å²) in [5.41, 5.74) is 1.82. The highest BCUT2D eigenvalue weighted by atomic mass is 16.5. The van der Waals surface area contributed by atoms with E-state index in [4.69, 9.17) is 9.15 Å². The van der Waals surface area contributed by atoms with Gasteiger partial charge in [0.25, 0.3) is 0 Å². The molecule has 58 valence electrons. The Morgan fingerprint density at radius 1 is 1.64 bits per heavy atom. The normalized spacial score (nSPS) is 10.6. The number of aromatic amines is 1. The van der Waals surface area contributed by atoms with Gasteiger partial charge in [0, 0.05) is 12.1 Å². The quantitative estimate of drug-likeness (QED) is 0.714. The summed E-state index contributed by atoms with van der Waals surface area (Å²) in [5.74, 6) is 0.766. The van der Waals surface area contributed by atoms with Crippen LogP contribution in [-0.4, -0.2) is 11.6 Å². The van der Waals surface area contributed by atoms with Gasteiger partial charge in [-0.05, 0) is 6.92 Å². The summed E-state index contributed by atoms with van der Waals surface area (Å²) >= 11 is 0. The summed E-state index contributed by atoms with van der Waals surface area (Å²) in [4.78, 5) is 3.06. The van der Waals surface area contributed by atoms with Crippen LogP contribution in [0.2, 0.25) is 0 Å². The highest BCUT2D eigenvalue weighted by Crippen LogP contribution is 2.20. The van der Waals surface area contributed by atoms with Crippen molar-refractivity contribution in [3.05, 3.63) is 18.4 Å². The molecule has 2 aromatic rings. The molecule has 0 aliphatic heterocycles. The van der Waals surface area contributed by atoms with Crippen LogP contribution >= 0.6 is 0 Å². The number of hydrogen-bond acceptors (Lipinski definition) is 2. The van der Waals surface area contributed by atoms with Gasteiger partial charge in [-0.1, -0.05) is 0 Å². The first-order chi connectivity index (χ1) is 5.40. The molecule has 0 aliphatic carbocycles. The third-order valence-electron chi connectivity index (χ3n) is 1.52. The smallest absolute Gasteiger partial charge is 0.195 e. The summed E-state index contributed by atoms with van der Waals surface area (Å²) in [6.07, 6.45) is 1.65. The van der Waals surface area contributed by atoms with E-state index in [0.29, 0.717) is 6.61 Å². The summed E-state index contributed by atoms with van der Waals surface area (Å²) in [6, 6.07) is 3.72. The second-order valence-corrected chi connectivity index (χ2v) is 2.27. The zero-order chi connectivity index (χ0) is 7.68. The molecule has 0 unspecified atom stereocenters. The molecule has 0 atom stereocenters. The molecule has 11 heavy (non-hydrogen) atoms. The van der Waals surface area contributed by atoms with Gasteiger partial charge in [0.15, 0.2) is 11.5 Å². The minimum absolute atomic E-state index is 0.670. The topological polar surface area (TPSA) is 38.2 Å². The second-order valence-electron chi connectivity index (χ2n) is 2.27. The van der Waals surface area contributed by atoms with Crippen LogP contribution in [0.4, 0.5) is 0 Å². The lowest BCUT2D eigenvalue weighted by molar-refractivity contribution is 0.329. The predicted molar refractivity (Wildman–Crippen MR) is 41.7 cm³/mol. The maximum absolute atomic E-state index is 5.23. The number of aromatic nitrogens is 1. The van der Waals surface area contributed by atoms with E-state index in [1.165, 1.54) is 0 Å². The molecule has 0 amide bonds. The number of nitrogens with one attached hydrogen (secondary N) is 1. The van der Waals surface area contributed by atoms with Crippen LogP contribution in [-0.2, 0) is 0 Å². The van der Waals surface area contributed by atoms with Crippen molar-refractivity contribution in [3.8, 4) is 5.88 Å². The molecule has 0 aliphatic rings. The molecular formula is C8H9NO2. The Bertz CT molecular complexity index is 319. The molecule has 0 fully saturated rings. The summed E-state index contributed by atoms with van der Waals surface area (Å²) in [7, 11) is 0. The highest BCUT2D eigenvalue weighted by molar-refractivity contribution is 5.75. The molecule has 0 aromatic carbocycles. The van der Waals surface area contributed by atoms with Gasteiger partial charge in [0.2, 0.25) is 0 Å². The van der Waals surface area contributed by atoms with E-state index in [1.54, 1.807) is 6.26 Å². The van der Waals surface area contributed by atoms with E-state index in [0.717, 1.165) is 17.0 Å². The molecular weight excluding hydrogens is 142 g/mol. The van der Waals surface area contributed by atoms with Crippen molar-refractivity contribution in [1.82, 2.24) is 4.98 Å². The minimum atomic E-state index is 0.670. The fourth-order valence-corrected chi connectivity index (χ4v) is 1.06. The fourth-order valence-electron chi connectivity index (χ4n) is 1.06. The van der Waals surface area contributed by atoms with Gasteiger partial charge in [-0.2, -0.15) is 0 Å².